The Bertz CT molecular complexity index is 847. The summed E-state index contributed by atoms with van der Waals surface area (Å²) in [5.74, 6) is -0.714. The lowest BCUT2D eigenvalue weighted by Crippen LogP contribution is -2.32. The number of nitrogens with one attached hydrogen (secondary N) is 2. The summed E-state index contributed by atoms with van der Waals surface area (Å²) in [6.07, 6.45) is 0.429. The minimum Gasteiger partial charge on any atom is -0.465 e. The zero-order valence-corrected chi connectivity index (χ0v) is 11.0. The SMILES string of the molecule is CC(c1n[nH]c(=O)o1)N(C(=O)O)c1c[nH]c2ccccc12. The van der Waals surface area contributed by atoms with Gasteiger partial charge in [-0.15, -0.1) is 5.10 Å². The smallest absolute Gasteiger partial charge is 0.434 e. The number of carbonyl (C=O) groups is 1. The van der Waals surface area contributed by atoms with Gasteiger partial charge in [0.2, 0.25) is 5.89 Å². The quantitative estimate of drug-likeness (QED) is 0.682. The first-order valence-electron chi connectivity index (χ1n) is 6.21. The summed E-state index contributed by atoms with van der Waals surface area (Å²) in [5.41, 5.74) is 1.28. The average Bonchev–Trinajstić information content (AvgIpc) is 3.06. The van der Waals surface area contributed by atoms with Crippen LogP contribution in [0, 0.1) is 0 Å². The molecule has 0 aliphatic rings. The Hall–Kier alpha value is -3.03. The molecule has 0 bridgehead atoms. The van der Waals surface area contributed by atoms with Crippen molar-refractivity contribution >= 4 is 22.7 Å². The van der Waals surface area contributed by atoms with Gasteiger partial charge in [-0.3, -0.25) is 4.90 Å². The molecule has 1 atom stereocenters. The molecule has 3 N–H and O–H groups in total. The van der Waals surface area contributed by atoms with E-state index < -0.39 is 17.9 Å². The number of aromatic nitrogens is 3. The predicted molar refractivity (Wildman–Crippen MR) is 74.3 cm³/mol. The number of amides is 1. The van der Waals surface area contributed by atoms with Crippen LogP contribution < -0.4 is 10.7 Å². The Morgan fingerprint density at radius 1 is 1.43 bits per heavy atom. The molecule has 108 valence electrons. The Balaban J connectivity index is 2.10. The van der Waals surface area contributed by atoms with Crippen LogP contribution >= 0.6 is 0 Å². The summed E-state index contributed by atoms with van der Waals surface area (Å²) < 4.78 is 4.85. The third kappa shape index (κ3) is 2.16. The van der Waals surface area contributed by atoms with Crippen LogP contribution in [0.15, 0.2) is 39.7 Å². The number of para-hydroxylation sites is 1. The molecule has 0 saturated carbocycles. The Labute approximate surface area is 118 Å². The van der Waals surface area contributed by atoms with E-state index in [-0.39, 0.29) is 5.89 Å². The first-order valence-corrected chi connectivity index (χ1v) is 6.21. The second kappa shape index (κ2) is 4.82. The molecule has 21 heavy (non-hydrogen) atoms. The third-order valence-electron chi connectivity index (χ3n) is 3.23. The largest absolute Gasteiger partial charge is 0.465 e. The molecule has 0 radical (unpaired) electrons. The number of hydrogen-bond acceptors (Lipinski definition) is 4. The fraction of sp³-hybridized carbons (Fsp3) is 0.154. The van der Waals surface area contributed by atoms with Crippen LogP contribution in [0.4, 0.5) is 10.5 Å². The van der Waals surface area contributed by atoms with Crippen molar-refractivity contribution in [2.45, 2.75) is 13.0 Å². The number of fused-ring (bicyclic) bond motifs is 1. The lowest BCUT2D eigenvalue weighted by molar-refractivity contribution is 0.198. The fourth-order valence-electron chi connectivity index (χ4n) is 2.26. The first kappa shape index (κ1) is 13.0. The highest BCUT2D eigenvalue weighted by Gasteiger charge is 2.28. The van der Waals surface area contributed by atoms with Crippen molar-refractivity contribution < 1.29 is 14.3 Å². The maximum absolute atomic E-state index is 11.6. The highest BCUT2D eigenvalue weighted by atomic mass is 16.4. The summed E-state index contributed by atoms with van der Waals surface area (Å²) in [6.45, 7) is 1.59. The molecule has 8 heteroatoms. The summed E-state index contributed by atoms with van der Waals surface area (Å²) in [7, 11) is 0. The molecule has 3 rings (SSSR count). The zero-order valence-electron chi connectivity index (χ0n) is 11.0. The Kier molecular flexibility index (Phi) is 2.98. The topological polar surface area (TPSA) is 115 Å². The van der Waals surface area contributed by atoms with Crippen molar-refractivity contribution in [2.24, 2.45) is 0 Å². The third-order valence-corrected chi connectivity index (χ3v) is 3.23. The Morgan fingerprint density at radius 3 is 2.86 bits per heavy atom. The van der Waals surface area contributed by atoms with E-state index >= 15 is 0 Å². The van der Waals surface area contributed by atoms with Crippen molar-refractivity contribution in [3.05, 3.63) is 46.9 Å². The number of nitrogens with zero attached hydrogens (tertiary/aromatic N) is 2. The van der Waals surface area contributed by atoms with Gasteiger partial charge < -0.3 is 14.5 Å². The van der Waals surface area contributed by atoms with Gasteiger partial charge in [0.25, 0.3) is 0 Å². The number of aromatic amines is 2. The monoisotopic (exact) mass is 288 g/mol. The number of carboxylic acid groups (broad SMARTS) is 1. The zero-order chi connectivity index (χ0) is 15.0. The highest BCUT2D eigenvalue weighted by molar-refractivity contribution is 6.00. The number of benzene rings is 1. The minimum atomic E-state index is -1.17. The highest BCUT2D eigenvalue weighted by Crippen LogP contribution is 2.32. The van der Waals surface area contributed by atoms with Crippen LogP contribution in [0.1, 0.15) is 18.9 Å². The van der Waals surface area contributed by atoms with Crippen molar-refractivity contribution in [2.75, 3.05) is 4.90 Å². The van der Waals surface area contributed by atoms with E-state index in [0.29, 0.717) is 5.69 Å². The van der Waals surface area contributed by atoms with Gasteiger partial charge in [-0.1, -0.05) is 18.2 Å². The van der Waals surface area contributed by atoms with Gasteiger partial charge >= 0.3 is 11.8 Å². The Morgan fingerprint density at radius 2 is 2.19 bits per heavy atom. The number of anilines is 1. The van der Waals surface area contributed by atoms with Crippen LogP contribution in [0.2, 0.25) is 0 Å². The number of rotatable bonds is 3. The molecule has 0 spiro atoms. The fourth-order valence-corrected chi connectivity index (χ4v) is 2.26. The minimum absolute atomic E-state index is 0.00711. The van der Waals surface area contributed by atoms with Crippen LogP contribution in [0.5, 0.6) is 0 Å². The normalized spacial score (nSPS) is 12.4. The summed E-state index contributed by atoms with van der Waals surface area (Å²) in [5, 5.41) is 16.1. The summed E-state index contributed by atoms with van der Waals surface area (Å²) in [6, 6.07) is 6.58. The molecular formula is C13H12N4O4. The van der Waals surface area contributed by atoms with Crippen molar-refractivity contribution in [1.29, 1.82) is 0 Å². The average molecular weight is 288 g/mol. The van der Waals surface area contributed by atoms with Gasteiger partial charge in [-0.05, 0) is 13.0 Å². The molecule has 0 saturated heterocycles. The van der Waals surface area contributed by atoms with E-state index in [1.54, 1.807) is 13.1 Å². The molecule has 2 heterocycles. The van der Waals surface area contributed by atoms with Crippen molar-refractivity contribution in [1.82, 2.24) is 15.2 Å². The maximum atomic E-state index is 11.6. The summed E-state index contributed by atoms with van der Waals surface area (Å²) in [4.78, 5) is 26.8. The summed E-state index contributed by atoms with van der Waals surface area (Å²) >= 11 is 0. The molecule has 1 aromatic carbocycles. The van der Waals surface area contributed by atoms with Crippen LogP contribution in [0.25, 0.3) is 10.9 Å². The molecule has 2 aromatic heterocycles. The van der Waals surface area contributed by atoms with Gasteiger partial charge in [0.05, 0.1) is 5.69 Å². The maximum Gasteiger partial charge on any atom is 0.434 e. The molecule has 1 amide bonds. The molecule has 3 aromatic rings. The van der Waals surface area contributed by atoms with Gasteiger partial charge in [0, 0.05) is 17.1 Å². The number of hydrogen-bond donors (Lipinski definition) is 3. The second-order valence-corrected chi connectivity index (χ2v) is 4.50. The molecular weight excluding hydrogens is 276 g/mol. The molecule has 0 aliphatic heterocycles. The van der Waals surface area contributed by atoms with Gasteiger partial charge in [-0.25, -0.2) is 14.7 Å². The van der Waals surface area contributed by atoms with Gasteiger partial charge in [-0.2, -0.15) is 0 Å². The molecule has 0 aliphatic carbocycles. The van der Waals surface area contributed by atoms with E-state index in [1.165, 1.54) is 0 Å². The first-order chi connectivity index (χ1) is 10.1. The lowest BCUT2D eigenvalue weighted by atomic mass is 10.2. The van der Waals surface area contributed by atoms with E-state index in [4.69, 9.17) is 4.42 Å². The molecule has 1 unspecified atom stereocenters. The van der Waals surface area contributed by atoms with E-state index in [0.717, 1.165) is 15.8 Å². The van der Waals surface area contributed by atoms with E-state index in [1.807, 2.05) is 24.3 Å². The number of H-pyrrole nitrogens is 2. The molecule has 8 nitrogen and oxygen atoms in total. The predicted octanol–water partition coefficient (Wildman–Crippen LogP) is 2.09. The van der Waals surface area contributed by atoms with Crippen LogP contribution in [0.3, 0.4) is 0 Å². The molecule has 0 fully saturated rings. The van der Waals surface area contributed by atoms with Crippen molar-refractivity contribution in [3.63, 3.8) is 0 Å². The van der Waals surface area contributed by atoms with Gasteiger partial charge in [0.1, 0.15) is 6.04 Å². The van der Waals surface area contributed by atoms with Crippen LogP contribution in [-0.2, 0) is 0 Å². The van der Waals surface area contributed by atoms with E-state index in [9.17, 15) is 14.7 Å². The second-order valence-electron chi connectivity index (χ2n) is 4.50. The van der Waals surface area contributed by atoms with E-state index in [2.05, 4.69) is 15.2 Å². The van der Waals surface area contributed by atoms with Gasteiger partial charge in [0.15, 0.2) is 0 Å². The van der Waals surface area contributed by atoms with Crippen molar-refractivity contribution in [3.8, 4) is 0 Å². The lowest BCUT2D eigenvalue weighted by Gasteiger charge is -2.23. The van der Waals surface area contributed by atoms with Crippen LogP contribution in [-0.4, -0.2) is 26.4 Å². The standard InChI is InChI=1S/C13H12N4O4/c1-7(11-15-16-12(18)21-11)17(13(19)20)10-6-14-9-5-3-2-4-8(9)10/h2-7,14H,1H3,(H,16,18)(H,19,20).